The summed E-state index contributed by atoms with van der Waals surface area (Å²) in [6.45, 7) is 15.9. The van der Waals surface area contributed by atoms with Crippen molar-refractivity contribution in [2.24, 2.45) is 5.92 Å². The van der Waals surface area contributed by atoms with Gasteiger partial charge in [0.2, 0.25) is 0 Å². The number of benzene rings is 4. The first-order valence-electron chi connectivity index (χ1n) is 16.5. The maximum atomic E-state index is 7.24. The molecule has 0 aliphatic carbocycles. The molecule has 0 amide bonds. The van der Waals surface area contributed by atoms with Crippen LogP contribution in [0.5, 0.6) is 0 Å². The molecule has 0 atom stereocenters. The van der Waals surface area contributed by atoms with E-state index < -0.39 is 8.32 Å². The molecule has 0 unspecified atom stereocenters. The van der Waals surface area contributed by atoms with Gasteiger partial charge in [-0.05, 0) is 98.0 Å². The van der Waals surface area contributed by atoms with Crippen LogP contribution < -0.4 is 0 Å². The first-order valence-corrected chi connectivity index (χ1v) is 19.0. The van der Waals surface area contributed by atoms with E-state index in [0.29, 0.717) is 5.92 Å². The van der Waals surface area contributed by atoms with Gasteiger partial charge in [-0.2, -0.15) is 0 Å². The summed E-state index contributed by atoms with van der Waals surface area (Å²) in [5.41, 5.74) is 10.0. The van der Waals surface area contributed by atoms with Crippen LogP contribution in [-0.4, -0.2) is 13.9 Å². The minimum atomic E-state index is -1.78. The van der Waals surface area contributed by atoms with Crippen LogP contribution in [0.2, 0.25) is 18.1 Å². The molecule has 0 radical (unpaired) electrons. The lowest BCUT2D eigenvalue weighted by Crippen LogP contribution is -2.49. The minimum absolute atomic E-state index is 0.220. The van der Waals surface area contributed by atoms with Gasteiger partial charge in [0.25, 0.3) is 0 Å². The molecule has 0 fully saturated rings. The molecule has 2 heteroatoms. The Morgan fingerprint density at radius 3 is 1.11 bits per heavy atom. The highest BCUT2D eigenvalue weighted by Gasteiger charge is 2.39. The van der Waals surface area contributed by atoms with E-state index in [0.717, 1.165) is 12.8 Å². The van der Waals surface area contributed by atoms with Gasteiger partial charge in [-0.1, -0.05) is 153 Å². The van der Waals surface area contributed by atoms with Crippen molar-refractivity contribution in [3.05, 3.63) is 142 Å². The van der Waals surface area contributed by atoms with Crippen LogP contribution in [0.25, 0.3) is 24.3 Å². The lowest BCUT2D eigenvalue weighted by Gasteiger charge is -2.43. The standard InChI is InChI=1S/C42H52OSi/c1-8-44(9-2,10-3)43-42(6,7)41(31-39-27-23-37(24-28-39)21-19-35-15-11-33(4)12-16-35)32-40-29-25-38(26-30-40)22-20-36-17-13-34(5)14-18-36/h11-30,41H,8-10,31-32H2,1-7H3/b21-19+,22-20+. The van der Waals surface area contributed by atoms with E-state index in [2.05, 4.69) is 170 Å². The van der Waals surface area contributed by atoms with Gasteiger partial charge in [-0.25, -0.2) is 0 Å². The zero-order valence-corrected chi connectivity index (χ0v) is 29.1. The van der Waals surface area contributed by atoms with Gasteiger partial charge >= 0.3 is 0 Å². The van der Waals surface area contributed by atoms with Gasteiger partial charge in [0, 0.05) is 0 Å². The van der Waals surface area contributed by atoms with Crippen molar-refractivity contribution in [1.29, 1.82) is 0 Å². The maximum Gasteiger partial charge on any atom is 0.192 e. The van der Waals surface area contributed by atoms with Crippen LogP contribution >= 0.6 is 0 Å². The minimum Gasteiger partial charge on any atom is -0.412 e. The Morgan fingerprint density at radius 2 is 0.818 bits per heavy atom. The Bertz CT molecular complexity index is 1380. The third kappa shape index (κ3) is 9.52. The van der Waals surface area contributed by atoms with Gasteiger partial charge in [-0.15, -0.1) is 0 Å². The molecule has 230 valence electrons. The Labute approximate surface area is 268 Å². The van der Waals surface area contributed by atoms with Crippen LogP contribution in [0.1, 0.15) is 79.1 Å². The maximum absolute atomic E-state index is 7.24. The average molecular weight is 601 g/mol. The molecule has 44 heavy (non-hydrogen) atoms. The van der Waals surface area contributed by atoms with E-state index >= 15 is 0 Å². The van der Waals surface area contributed by atoms with E-state index in [-0.39, 0.29) is 5.60 Å². The van der Waals surface area contributed by atoms with Crippen molar-refractivity contribution in [3.8, 4) is 0 Å². The topological polar surface area (TPSA) is 9.23 Å². The Kier molecular flexibility index (Phi) is 11.8. The van der Waals surface area contributed by atoms with E-state index in [4.69, 9.17) is 4.43 Å². The fraction of sp³-hybridized carbons (Fsp3) is 0.333. The van der Waals surface area contributed by atoms with Crippen molar-refractivity contribution in [2.75, 3.05) is 0 Å². The number of aryl methyl sites for hydroxylation is 2. The molecular formula is C42H52OSi. The molecule has 0 bridgehead atoms. The van der Waals surface area contributed by atoms with Crippen molar-refractivity contribution >= 4 is 32.6 Å². The first kappa shape index (κ1) is 33.4. The normalized spacial score (nSPS) is 12.5. The summed E-state index contributed by atoms with van der Waals surface area (Å²) < 4.78 is 7.24. The molecule has 4 rings (SSSR count). The quantitative estimate of drug-likeness (QED) is 0.103. The molecule has 0 aromatic heterocycles. The summed E-state index contributed by atoms with van der Waals surface area (Å²) in [6.07, 6.45) is 10.8. The molecule has 0 heterocycles. The Hall–Kier alpha value is -3.46. The molecular weight excluding hydrogens is 549 g/mol. The molecule has 0 saturated heterocycles. The van der Waals surface area contributed by atoms with Crippen LogP contribution in [-0.2, 0) is 17.3 Å². The van der Waals surface area contributed by atoms with Crippen molar-refractivity contribution in [2.45, 2.75) is 85.0 Å². The molecule has 0 aliphatic heterocycles. The summed E-state index contributed by atoms with van der Waals surface area (Å²) in [5, 5.41) is 0. The van der Waals surface area contributed by atoms with Crippen molar-refractivity contribution < 1.29 is 4.43 Å². The van der Waals surface area contributed by atoms with E-state index in [1.165, 1.54) is 62.6 Å². The fourth-order valence-electron chi connectivity index (χ4n) is 6.01. The third-order valence-corrected chi connectivity index (χ3v) is 14.2. The summed E-state index contributed by atoms with van der Waals surface area (Å²) in [7, 11) is -1.78. The zero-order valence-electron chi connectivity index (χ0n) is 28.1. The molecule has 0 aliphatic rings. The Morgan fingerprint density at radius 1 is 0.523 bits per heavy atom. The van der Waals surface area contributed by atoms with Crippen LogP contribution in [0.15, 0.2) is 97.1 Å². The highest BCUT2D eigenvalue weighted by Crippen LogP contribution is 2.35. The van der Waals surface area contributed by atoms with Gasteiger partial charge in [0.15, 0.2) is 8.32 Å². The van der Waals surface area contributed by atoms with E-state index in [9.17, 15) is 0 Å². The van der Waals surface area contributed by atoms with E-state index in [1.807, 2.05) is 0 Å². The van der Waals surface area contributed by atoms with Crippen LogP contribution in [0, 0.1) is 19.8 Å². The van der Waals surface area contributed by atoms with Crippen molar-refractivity contribution in [3.63, 3.8) is 0 Å². The smallest absolute Gasteiger partial charge is 0.192 e. The lowest BCUT2D eigenvalue weighted by atomic mass is 9.81. The number of hydrogen-bond donors (Lipinski definition) is 0. The molecule has 0 N–H and O–H groups in total. The second-order valence-electron chi connectivity index (χ2n) is 13.0. The molecule has 0 saturated carbocycles. The second-order valence-corrected chi connectivity index (χ2v) is 17.7. The highest BCUT2D eigenvalue weighted by molar-refractivity contribution is 6.73. The summed E-state index contributed by atoms with van der Waals surface area (Å²) in [5.74, 6) is 0.363. The van der Waals surface area contributed by atoms with Crippen LogP contribution in [0.3, 0.4) is 0 Å². The van der Waals surface area contributed by atoms with Crippen molar-refractivity contribution in [1.82, 2.24) is 0 Å². The number of rotatable bonds is 14. The van der Waals surface area contributed by atoms with Gasteiger partial charge < -0.3 is 4.43 Å². The predicted octanol–water partition coefficient (Wildman–Crippen LogP) is 11.8. The van der Waals surface area contributed by atoms with Gasteiger partial charge in [0.05, 0.1) is 5.60 Å². The molecule has 4 aromatic carbocycles. The summed E-state index contributed by atoms with van der Waals surface area (Å²) in [6, 6.07) is 39.1. The lowest BCUT2D eigenvalue weighted by molar-refractivity contribution is 0.0316. The Balaban J connectivity index is 1.52. The second kappa shape index (κ2) is 15.5. The van der Waals surface area contributed by atoms with Gasteiger partial charge in [-0.3, -0.25) is 0 Å². The number of hydrogen-bond acceptors (Lipinski definition) is 1. The third-order valence-electron chi connectivity index (χ3n) is 9.41. The monoisotopic (exact) mass is 600 g/mol. The fourth-order valence-corrected chi connectivity index (χ4v) is 9.23. The van der Waals surface area contributed by atoms with Crippen LogP contribution in [0.4, 0.5) is 0 Å². The first-order chi connectivity index (χ1) is 21.1. The summed E-state index contributed by atoms with van der Waals surface area (Å²) in [4.78, 5) is 0. The van der Waals surface area contributed by atoms with Gasteiger partial charge in [0.1, 0.15) is 0 Å². The average Bonchev–Trinajstić information content (AvgIpc) is 3.04. The highest BCUT2D eigenvalue weighted by atomic mass is 28.4. The molecule has 4 aromatic rings. The van der Waals surface area contributed by atoms with E-state index in [1.54, 1.807) is 0 Å². The largest absolute Gasteiger partial charge is 0.412 e. The summed E-state index contributed by atoms with van der Waals surface area (Å²) >= 11 is 0. The SMILES string of the molecule is CC[Si](CC)(CC)OC(C)(C)C(Cc1ccc(/C=C/c2ccc(C)cc2)cc1)Cc1ccc(/C=C/c2ccc(C)cc2)cc1. The zero-order chi connectivity index (χ0) is 31.6. The molecule has 0 spiro atoms. The predicted molar refractivity (Wildman–Crippen MR) is 196 cm³/mol. The molecule has 1 nitrogen and oxygen atoms in total.